The fraction of sp³-hybridized carbons (Fsp3) is 0.786. The van der Waals surface area contributed by atoms with Gasteiger partial charge in [-0.15, -0.1) is 0 Å². The van der Waals surface area contributed by atoms with Crippen molar-refractivity contribution >= 4 is 17.8 Å². The van der Waals surface area contributed by atoms with Crippen LogP contribution in [0.3, 0.4) is 0 Å². The van der Waals surface area contributed by atoms with Gasteiger partial charge < -0.3 is 15.2 Å². The molecule has 2 amide bonds. The SMILES string of the molecule is CC1(CNC(=O)NCc2noc(C(C)(C)C)n2)CCCS1. The third-order valence-electron chi connectivity index (χ3n) is 3.44. The molecule has 1 fully saturated rings. The molecule has 1 unspecified atom stereocenters. The lowest BCUT2D eigenvalue weighted by Crippen LogP contribution is -2.42. The number of urea groups is 1. The van der Waals surface area contributed by atoms with Crippen LogP contribution in [-0.4, -0.2) is 33.2 Å². The van der Waals surface area contributed by atoms with Crippen LogP contribution in [0.1, 0.15) is 52.3 Å². The Morgan fingerprint density at radius 2 is 2.19 bits per heavy atom. The maximum atomic E-state index is 11.8. The third kappa shape index (κ3) is 4.62. The Morgan fingerprint density at radius 1 is 1.43 bits per heavy atom. The summed E-state index contributed by atoms with van der Waals surface area (Å²) >= 11 is 1.93. The van der Waals surface area contributed by atoms with Gasteiger partial charge in [0.2, 0.25) is 5.89 Å². The molecule has 2 rings (SSSR count). The molecule has 2 N–H and O–H groups in total. The molecule has 0 aliphatic carbocycles. The molecular formula is C14H24N4O2S. The zero-order chi connectivity index (χ0) is 15.5. The summed E-state index contributed by atoms with van der Waals surface area (Å²) in [5, 5.41) is 9.55. The molecule has 1 aromatic heterocycles. The lowest BCUT2D eigenvalue weighted by molar-refractivity contribution is 0.239. The van der Waals surface area contributed by atoms with E-state index in [1.165, 1.54) is 12.2 Å². The van der Waals surface area contributed by atoms with Crippen molar-refractivity contribution < 1.29 is 9.32 Å². The van der Waals surface area contributed by atoms with E-state index in [0.717, 1.165) is 6.42 Å². The highest BCUT2D eigenvalue weighted by molar-refractivity contribution is 8.00. The van der Waals surface area contributed by atoms with Gasteiger partial charge in [-0.3, -0.25) is 0 Å². The molecule has 1 atom stereocenters. The predicted molar refractivity (Wildman–Crippen MR) is 83.3 cm³/mol. The van der Waals surface area contributed by atoms with Gasteiger partial charge in [-0.05, 0) is 25.5 Å². The maximum absolute atomic E-state index is 11.8. The zero-order valence-corrected chi connectivity index (χ0v) is 14.0. The van der Waals surface area contributed by atoms with E-state index in [4.69, 9.17) is 4.52 Å². The minimum absolute atomic E-state index is 0.170. The van der Waals surface area contributed by atoms with Crippen LogP contribution < -0.4 is 10.6 Å². The second-order valence-corrected chi connectivity index (χ2v) is 8.39. The minimum Gasteiger partial charge on any atom is -0.339 e. The van der Waals surface area contributed by atoms with Gasteiger partial charge in [0, 0.05) is 16.7 Å². The summed E-state index contributed by atoms with van der Waals surface area (Å²) in [5.41, 5.74) is -0.179. The normalized spacial score (nSPS) is 22.3. The Balaban J connectivity index is 1.75. The van der Waals surface area contributed by atoms with Gasteiger partial charge in [0.25, 0.3) is 0 Å². The molecule has 21 heavy (non-hydrogen) atoms. The van der Waals surface area contributed by atoms with Crippen LogP contribution in [0.5, 0.6) is 0 Å². The Labute approximate surface area is 129 Å². The lowest BCUT2D eigenvalue weighted by Gasteiger charge is -2.22. The smallest absolute Gasteiger partial charge is 0.315 e. The van der Waals surface area contributed by atoms with Crippen LogP contribution in [0.15, 0.2) is 4.52 Å². The number of carbonyl (C=O) groups is 1. The molecule has 0 saturated carbocycles. The first-order chi connectivity index (χ1) is 9.78. The van der Waals surface area contributed by atoms with Crippen molar-refractivity contribution in [2.75, 3.05) is 12.3 Å². The van der Waals surface area contributed by atoms with Gasteiger partial charge in [-0.25, -0.2) is 4.79 Å². The highest BCUT2D eigenvalue weighted by Gasteiger charge is 2.29. The summed E-state index contributed by atoms with van der Waals surface area (Å²) < 4.78 is 5.35. The highest BCUT2D eigenvalue weighted by atomic mass is 32.2. The van der Waals surface area contributed by atoms with E-state index in [2.05, 4.69) is 27.7 Å². The van der Waals surface area contributed by atoms with E-state index in [1.54, 1.807) is 0 Å². The average molecular weight is 312 g/mol. The van der Waals surface area contributed by atoms with Gasteiger partial charge in [0.1, 0.15) is 0 Å². The van der Waals surface area contributed by atoms with E-state index < -0.39 is 0 Å². The monoisotopic (exact) mass is 312 g/mol. The van der Waals surface area contributed by atoms with Crippen molar-refractivity contribution in [2.24, 2.45) is 0 Å². The second-order valence-electron chi connectivity index (χ2n) is 6.70. The fourth-order valence-corrected chi connectivity index (χ4v) is 3.34. The minimum atomic E-state index is -0.189. The molecule has 118 valence electrons. The van der Waals surface area contributed by atoms with Crippen molar-refractivity contribution in [3.05, 3.63) is 11.7 Å². The van der Waals surface area contributed by atoms with Crippen molar-refractivity contribution in [3.8, 4) is 0 Å². The predicted octanol–water partition coefficient (Wildman–Crippen LogP) is 2.45. The van der Waals surface area contributed by atoms with E-state index in [9.17, 15) is 4.79 Å². The van der Waals surface area contributed by atoms with Crippen molar-refractivity contribution in [3.63, 3.8) is 0 Å². The molecule has 1 aromatic rings. The number of rotatable bonds is 4. The van der Waals surface area contributed by atoms with Crippen LogP contribution in [-0.2, 0) is 12.0 Å². The quantitative estimate of drug-likeness (QED) is 0.892. The van der Waals surface area contributed by atoms with Gasteiger partial charge in [-0.1, -0.05) is 25.9 Å². The van der Waals surface area contributed by atoms with Gasteiger partial charge in [0.15, 0.2) is 5.82 Å². The molecule has 2 heterocycles. The number of nitrogens with one attached hydrogen (secondary N) is 2. The molecule has 1 saturated heterocycles. The number of carbonyl (C=O) groups excluding carboxylic acids is 1. The summed E-state index contributed by atoms with van der Waals surface area (Å²) in [6, 6.07) is -0.189. The maximum Gasteiger partial charge on any atom is 0.315 e. The summed E-state index contributed by atoms with van der Waals surface area (Å²) in [7, 11) is 0. The molecule has 0 aromatic carbocycles. The van der Waals surface area contributed by atoms with E-state index in [0.29, 0.717) is 18.3 Å². The van der Waals surface area contributed by atoms with Gasteiger partial charge >= 0.3 is 6.03 Å². The van der Waals surface area contributed by atoms with Crippen molar-refractivity contribution in [1.82, 2.24) is 20.8 Å². The fourth-order valence-electron chi connectivity index (χ4n) is 2.10. The first-order valence-electron chi connectivity index (χ1n) is 7.27. The number of nitrogens with zero attached hydrogens (tertiary/aromatic N) is 2. The molecule has 0 spiro atoms. The average Bonchev–Trinajstić information content (AvgIpc) is 3.03. The van der Waals surface area contributed by atoms with Crippen LogP contribution in [0.2, 0.25) is 0 Å². The van der Waals surface area contributed by atoms with Crippen LogP contribution in [0.4, 0.5) is 4.79 Å². The van der Waals surface area contributed by atoms with E-state index in [-0.39, 0.29) is 22.7 Å². The standard InChI is InChI=1S/C14H24N4O2S/c1-13(2,3)11-17-10(18-20-11)8-15-12(19)16-9-14(4)6-5-7-21-14/h5-9H2,1-4H3,(H2,15,16,19). The summed E-state index contributed by atoms with van der Waals surface area (Å²) in [6.45, 7) is 9.16. The first kappa shape index (κ1) is 16.1. The molecule has 7 heteroatoms. The van der Waals surface area contributed by atoms with E-state index in [1.807, 2.05) is 32.5 Å². The molecule has 6 nitrogen and oxygen atoms in total. The highest BCUT2D eigenvalue weighted by Crippen LogP contribution is 2.36. The lowest BCUT2D eigenvalue weighted by atomic mass is 9.97. The molecule has 1 aliphatic heterocycles. The van der Waals surface area contributed by atoms with Crippen molar-refractivity contribution in [2.45, 2.75) is 57.2 Å². The molecular weight excluding hydrogens is 288 g/mol. The van der Waals surface area contributed by atoms with Crippen LogP contribution in [0.25, 0.3) is 0 Å². The van der Waals surface area contributed by atoms with E-state index >= 15 is 0 Å². The number of hydrogen-bond acceptors (Lipinski definition) is 5. The van der Waals surface area contributed by atoms with Gasteiger partial charge in [0.05, 0.1) is 6.54 Å². The zero-order valence-electron chi connectivity index (χ0n) is 13.2. The topological polar surface area (TPSA) is 80.0 Å². The third-order valence-corrected chi connectivity index (χ3v) is 4.98. The van der Waals surface area contributed by atoms with Crippen LogP contribution >= 0.6 is 11.8 Å². The Bertz CT molecular complexity index is 489. The summed E-state index contributed by atoms with van der Waals surface area (Å²) in [4.78, 5) is 16.1. The Kier molecular flexibility index (Phi) is 4.81. The molecule has 1 aliphatic rings. The second kappa shape index (κ2) is 6.25. The summed E-state index contributed by atoms with van der Waals surface area (Å²) in [6.07, 6.45) is 2.38. The van der Waals surface area contributed by atoms with Crippen LogP contribution in [0, 0.1) is 0 Å². The van der Waals surface area contributed by atoms with Gasteiger partial charge in [-0.2, -0.15) is 16.7 Å². The molecule has 0 bridgehead atoms. The summed E-state index contributed by atoms with van der Waals surface area (Å²) in [5.74, 6) is 2.25. The number of amides is 2. The first-order valence-corrected chi connectivity index (χ1v) is 8.26. The number of hydrogen-bond donors (Lipinski definition) is 2. The number of thioether (sulfide) groups is 1. The Hall–Kier alpha value is -1.24. The largest absolute Gasteiger partial charge is 0.339 e. The Morgan fingerprint density at radius 3 is 2.76 bits per heavy atom. The molecule has 0 radical (unpaired) electrons. The number of aromatic nitrogens is 2. The van der Waals surface area contributed by atoms with Crippen molar-refractivity contribution in [1.29, 1.82) is 0 Å².